The van der Waals surface area contributed by atoms with Crippen LogP contribution >= 0.6 is 0 Å². The molecule has 0 aliphatic heterocycles. The van der Waals surface area contributed by atoms with E-state index in [4.69, 9.17) is 4.74 Å². The average molecular weight is 487 g/mol. The molecule has 4 heteroatoms. The highest BCUT2D eigenvalue weighted by Crippen LogP contribution is 2.76. The minimum absolute atomic E-state index is 0.0256. The van der Waals surface area contributed by atoms with Crippen molar-refractivity contribution in [2.75, 3.05) is 6.61 Å². The maximum Gasteiger partial charge on any atom is 0.302 e. The normalized spacial score (nSPS) is 53.4. The van der Waals surface area contributed by atoms with E-state index in [1.54, 1.807) is 6.92 Å². The van der Waals surface area contributed by atoms with Gasteiger partial charge in [0.05, 0.1) is 6.61 Å². The van der Waals surface area contributed by atoms with Crippen molar-refractivity contribution in [3.8, 4) is 0 Å². The molecule has 0 spiro atoms. The van der Waals surface area contributed by atoms with Crippen LogP contribution < -0.4 is 0 Å². The molecule has 0 amide bonds. The molecule has 4 nitrogen and oxygen atoms in total. The van der Waals surface area contributed by atoms with Gasteiger partial charge in [-0.3, -0.25) is 9.59 Å². The summed E-state index contributed by atoms with van der Waals surface area (Å²) in [6.45, 7) is 16.4. The topological polar surface area (TPSA) is 63.6 Å². The summed E-state index contributed by atoms with van der Waals surface area (Å²) in [6, 6.07) is 0. The number of carbonyl (C=O) groups is 2. The minimum Gasteiger partial charge on any atom is -0.465 e. The van der Waals surface area contributed by atoms with E-state index in [1.807, 2.05) is 6.92 Å². The van der Waals surface area contributed by atoms with Gasteiger partial charge >= 0.3 is 5.97 Å². The first-order valence-electron chi connectivity index (χ1n) is 14.6. The van der Waals surface area contributed by atoms with Gasteiger partial charge in [0.2, 0.25) is 0 Å². The van der Waals surface area contributed by atoms with E-state index < -0.39 is 5.60 Å². The molecular formula is C31H50O4. The third-order valence-electron chi connectivity index (χ3n) is 13.5. The summed E-state index contributed by atoms with van der Waals surface area (Å²) in [5.74, 6) is 3.19. The number of Topliss-reactive ketones (excluding diaryl/α,β-unsaturated/α-hetero) is 1. The zero-order chi connectivity index (χ0) is 25.6. The SMILES string of the molecule is CC(=O)OC[C@]12CC[C@@H](C(C)C)[C@@H]1[C@H]1CC[C@@H]3[C@@]4(C)CCC(=O)[C@@](C)(O)[C@@H]4CC[C@@]3(C)[C@]1(C)CC2. The molecule has 1 N–H and O–H groups in total. The van der Waals surface area contributed by atoms with Gasteiger partial charge in [-0.05, 0) is 111 Å². The number of ketones is 1. The molecule has 5 aliphatic rings. The number of rotatable bonds is 3. The van der Waals surface area contributed by atoms with Gasteiger partial charge in [-0.15, -0.1) is 0 Å². The first-order chi connectivity index (χ1) is 16.2. The van der Waals surface area contributed by atoms with Gasteiger partial charge < -0.3 is 9.84 Å². The molecule has 5 aliphatic carbocycles. The van der Waals surface area contributed by atoms with Crippen LogP contribution in [0.15, 0.2) is 0 Å². The van der Waals surface area contributed by atoms with E-state index in [2.05, 4.69) is 34.6 Å². The summed E-state index contributed by atoms with van der Waals surface area (Å²) in [6.07, 6.45) is 10.8. The lowest BCUT2D eigenvalue weighted by Crippen LogP contribution is -2.68. The van der Waals surface area contributed by atoms with Crippen LogP contribution in [0, 0.1) is 57.2 Å². The number of esters is 1. The van der Waals surface area contributed by atoms with Crippen LogP contribution in [-0.4, -0.2) is 29.1 Å². The Hall–Kier alpha value is -0.900. The molecule has 10 atom stereocenters. The molecule has 0 radical (unpaired) electrons. The van der Waals surface area contributed by atoms with Gasteiger partial charge in [-0.2, -0.15) is 0 Å². The van der Waals surface area contributed by atoms with Crippen molar-refractivity contribution in [2.24, 2.45) is 57.2 Å². The zero-order valence-electron chi connectivity index (χ0n) is 23.4. The second kappa shape index (κ2) is 8.05. The highest BCUT2D eigenvalue weighted by Gasteiger charge is 2.71. The van der Waals surface area contributed by atoms with E-state index >= 15 is 0 Å². The number of ether oxygens (including phenoxy) is 1. The van der Waals surface area contributed by atoms with Crippen molar-refractivity contribution in [3.05, 3.63) is 0 Å². The third kappa shape index (κ3) is 3.33. The van der Waals surface area contributed by atoms with Crippen LogP contribution in [0.3, 0.4) is 0 Å². The van der Waals surface area contributed by atoms with E-state index in [0.29, 0.717) is 42.6 Å². The predicted molar refractivity (Wildman–Crippen MR) is 137 cm³/mol. The fourth-order valence-electron chi connectivity index (χ4n) is 11.5. The summed E-state index contributed by atoms with van der Waals surface area (Å²) >= 11 is 0. The standard InChI is InChI=1S/C31H50O4/c1-19(2)21-10-15-31(18-35-20(3)32)17-16-28(5)22(26(21)31)8-9-23-27(4)13-12-25(33)30(7,34)24(27)11-14-29(23,28)6/h19,21-24,26,34H,8-18H2,1-7H3/t21-,22+,23+,24+,26+,27+,28+,29+,30-,31+/m0/s1. The Kier molecular flexibility index (Phi) is 5.92. The van der Waals surface area contributed by atoms with E-state index in [0.717, 1.165) is 19.3 Å². The molecular weight excluding hydrogens is 436 g/mol. The molecule has 0 heterocycles. The van der Waals surface area contributed by atoms with E-state index in [9.17, 15) is 14.7 Å². The first kappa shape index (κ1) is 25.7. The van der Waals surface area contributed by atoms with Crippen molar-refractivity contribution < 1.29 is 19.4 Å². The van der Waals surface area contributed by atoms with E-state index in [1.165, 1.54) is 38.5 Å². The Bertz CT molecular complexity index is 892. The van der Waals surface area contributed by atoms with Crippen LogP contribution in [0.1, 0.15) is 113 Å². The quantitative estimate of drug-likeness (QED) is 0.458. The molecule has 5 rings (SSSR count). The smallest absolute Gasteiger partial charge is 0.302 e. The maximum absolute atomic E-state index is 12.7. The summed E-state index contributed by atoms with van der Waals surface area (Å²) < 4.78 is 5.78. The van der Waals surface area contributed by atoms with Gasteiger partial charge in [-0.1, -0.05) is 34.6 Å². The Morgan fingerprint density at radius 3 is 2.31 bits per heavy atom. The lowest BCUT2D eigenvalue weighted by atomic mass is 9.33. The second-order valence-electron chi connectivity index (χ2n) is 14.9. The minimum atomic E-state index is -1.17. The van der Waals surface area contributed by atoms with Crippen LogP contribution in [0.4, 0.5) is 0 Å². The molecule has 5 fully saturated rings. The van der Waals surface area contributed by atoms with Crippen LogP contribution in [0.5, 0.6) is 0 Å². The second-order valence-corrected chi connectivity index (χ2v) is 14.9. The molecule has 35 heavy (non-hydrogen) atoms. The monoisotopic (exact) mass is 486 g/mol. The fraction of sp³-hybridized carbons (Fsp3) is 0.935. The summed E-state index contributed by atoms with van der Waals surface area (Å²) in [5, 5.41) is 11.3. The number of hydrogen-bond donors (Lipinski definition) is 1. The number of hydrogen-bond acceptors (Lipinski definition) is 4. The van der Waals surface area contributed by atoms with Gasteiger partial charge in [0.1, 0.15) is 5.60 Å². The van der Waals surface area contributed by atoms with Gasteiger partial charge in [-0.25, -0.2) is 0 Å². The lowest BCUT2D eigenvalue weighted by Gasteiger charge is -2.72. The van der Waals surface area contributed by atoms with Gasteiger partial charge in [0.15, 0.2) is 5.78 Å². The lowest BCUT2D eigenvalue weighted by molar-refractivity contribution is -0.246. The first-order valence-corrected chi connectivity index (χ1v) is 14.6. The molecule has 0 aromatic rings. The molecule has 0 aromatic heterocycles. The van der Waals surface area contributed by atoms with Gasteiger partial charge in [0, 0.05) is 24.7 Å². The Balaban J connectivity index is 1.53. The summed E-state index contributed by atoms with van der Waals surface area (Å²) in [4.78, 5) is 24.6. The Morgan fingerprint density at radius 2 is 1.66 bits per heavy atom. The van der Waals surface area contributed by atoms with Crippen LogP contribution in [-0.2, 0) is 14.3 Å². The number of aliphatic hydroxyl groups is 1. The fourth-order valence-corrected chi connectivity index (χ4v) is 11.5. The highest BCUT2D eigenvalue weighted by atomic mass is 16.5. The molecule has 5 saturated carbocycles. The number of carbonyl (C=O) groups excluding carboxylic acids is 2. The van der Waals surface area contributed by atoms with Crippen molar-refractivity contribution in [1.82, 2.24) is 0 Å². The Morgan fingerprint density at radius 1 is 0.943 bits per heavy atom. The summed E-state index contributed by atoms with van der Waals surface area (Å²) in [5.41, 5.74) is -0.533. The van der Waals surface area contributed by atoms with Crippen molar-refractivity contribution >= 4 is 11.8 Å². The van der Waals surface area contributed by atoms with E-state index in [-0.39, 0.29) is 39.3 Å². The highest BCUT2D eigenvalue weighted by molar-refractivity contribution is 5.88. The molecule has 0 aromatic carbocycles. The van der Waals surface area contributed by atoms with Crippen molar-refractivity contribution in [1.29, 1.82) is 0 Å². The third-order valence-corrected chi connectivity index (χ3v) is 13.5. The number of fused-ring (bicyclic) bond motifs is 7. The maximum atomic E-state index is 12.7. The van der Waals surface area contributed by atoms with Crippen molar-refractivity contribution in [3.63, 3.8) is 0 Å². The average Bonchev–Trinajstić information content (AvgIpc) is 3.16. The van der Waals surface area contributed by atoms with Crippen LogP contribution in [0.2, 0.25) is 0 Å². The largest absolute Gasteiger partial charge is 0.465 e. The summed E-state index contributed by atoms with van der Waals surface area (Å²) in [7, 11) is 0. The predicted octanol–water partition coefficient (Wildman–Crippen LogP) is 6.58. The molecule has 0 saturated heterocycles. The molecule has 198 valence electrons. The molecule has 0 unspecified atom stereocenters. The zero-order valence-corrected chi connectivity index (χ0v) is 23.4. The van der Waals surface area contributed by atoms with Gasteiger partial charge in [0.25, 0.3) is 0 Å². The van der Waals surface area contributed by atoms with Crippen LogP contribution in [0.25, 0.3) is 0 Å². The molecule has 0 bridgehead atoms. The van der Waals surface area contributed by atoms with Crippen molar-refractivity contribution in [2.45, 2.75) is 118 Å². The Labute approximate surface area is 213 Å².